The van der Waals surface area contributed by atoms with Crippen LogP contribution in [0.1, 0.15) is 38.0 Å². The molecule has 0 bridgehead atoms. The third-order valence-corrected chi connectivity index (χ3v) is 3.42. The minimum absolute atomic E-state index is 0.129. The molecule has 0 radical (unpaired) electrons. The van der Waals surface area contributed by atoms with Gasteiger partial charge in [-0.2, -0.15) is 0 Å². The first-order valence-electron chi connectivity index (χ1n) is 4.77. The summed E-state index contributed by atoms with van der Waals surface area (Å²) in [5.41, 5.74) is 2.00. The zero-order chi connectivity index (χ0) is 10.9. The zero-order valence-electron chi connectivity index (χ0n) is 9.13. The van der Waals surface area contributed by atoms with Crippen LogP contribution in [0.15, 0.2) is 22.7 Å². The van der Waals surface area contributed by atoms with Gasteiger partial charge < -0.3 is 5.11 Å². The van der Waals surface area contributed by atoms with Crippen LogP contribution in [0.5, 0.6) is 0 Å². The van der Waals surface area contributed by atoms with Crippen molar-refractivity contribution in [3.8, 4) is 0 Å². The Morgan fingerprint density at radius 2 is 1.86 bits per heavy atom. The van der Waals surface area contributed by atoms with E-state index >= 15 is 0 Å². The molecule has 1 N–H and O–H groups in total. The summed E-state index contributed by atoms with van der Waals surface area (Å²) >= 11 is 3.51. The van der Waals surface area contributed by atoms with Crippen LogP contribution < -0.4 is 0 Å². The zero-order valence-corrected chi connectivity index (χ0v) is 10.7. The quantitative estimate of drug-likeness (QED) is 0.810. The Morgan fingerprint density at radius 3 is 2.36 bits per heavy atom. The lowest BCUT2D eigenvalue weighted by Gasteiger charge is -2.27. The van der Waals surface area contributed by atoms with Crippen molar-refractivity contribution < 1.29 is 5.11 Å². The van der Waals surface area contributed by atoms with E-state index in [0.29, 0.717) is 0 Å². The second-order valence-corrected chi connectivity index (χ2v) is 5.54. The van der Waals surface area contributed by atoms with E-state index in [1.165, 1.54) is 0 Å². The fourth-order valence-corrected chi connectivity index (χ4v) is 1.83. The summed E-state index contributed by atoms with van der Waals surface area (Å²) in [6.45, 7) is 8.13. The second kappa shape index (κ2) is 4.03. The van der Waals surface area contributed by atoms with Gasteiger partial charge >= 0.3 is 0 Å². The van der Waals surface area contributed by atoms with Crippen molar-refractivity contribution in [2.75, 3.05) is 0 Å². The summed E-state index contributed by atoms with van der Waals surface area (Å²) < 4.78 is 1.02. The van der Waals surface area contributed by atoms with Crippen molar-refractivity contribution in [2.24, 2.45) is 5.41 Å². The van der Waals surface area contributed by atoms with Gasteiger partial charge in [0.15, 0.2) is 0 Å². The van der Waals surface area contributed by atoms with E-state index in [1.54, 1.807) is 0 Å². The summed E-state index contributed by atoms with van der Waals surface area (Å²) in [5.74, 6) is 0. The topological polar surface area (TPSA) is 20.2 Å². The van der Waals surface area contributed by atoms with Gasteiger partial charge in [-0.15, -0.1) is 0 Å². The van der Waals surface area contributed by atoms with Gasteiger partial charge in [0.1, 0.15) is 0 Å². The van der Waals surface area contributed by atoms with Crippen LogP contribution in [0, 0.1) is 12.3 Å². The molecule has 0 saturated heterocycles. The Kier molecular flexibility index (Phi) is 3.38. The molecular formula is C12H17BrO. The number of hydrogen-bond donors (Lipinski definition) is 1. The van der Waals surface area contributed by atoms with Crippen molar-refractivity contribution in [1.29, 1.82) is 0 Å². The van der Waals surface area contributed by atoms with Crippen LogP contribution in [-0.4, -0.2) is 5.11 Å². The highest BCUT2D eigenvalue weighted by Crippen LogP contribution is 2.37. The molecule has 0 heterocycles. The SMILES string of the molecule is Cc1cccc(C(O)C(C)(C)C)c1Br. The molecule has 1 rings (SSSR count). The number of aliphatic hydroxyl groups is 1. The average Bonchev–Trinajstić information content (AvgIpc) is 2.07. The highest BCUT2D eigenvalue weighted by molar-refractivity contribution is 9.10. The van der Waals surface area contributed by atoms with Gasteiger partial charge in [0.05, 0.1) is 6.10 Å². The van der Waals surface area contributed by atoms with E-state index in [4.69, 9.17) is 0 Å². The van der Waals surface area contributed by atoms with Gasteiger partial charge in [-0.1, -0.05) is 54.9 Å². The summed E-state index contributed by atoms with van der Waals surface area (Å²) in [5, 5.41) is 10.1. The number of rotatable bonds is 1. The molecule has 2 heteroatoms. The Morgan fingerprint density at radius 1 is 1.29 bits per heavy atom. The molecule has 0 amide bonds. The molecule has 1 atom stereocenters. The molecule has 0 spiro atoms. The van der Waals surface area contributed by atoms with Crippen LogP contribution in [0.3, 0.4) is 0 Å². The monoisotopic (exact) mass is 256 g/mol. The van der Waals surface area contributed by atoms with E-state index in [0.717, 1.165) is 15.6 Å². The molecule has 0 aromatic heterocycles. The summed E-state index contributed by atoms with van der Waals surface area (Å²) in [6.07, 6.45) is -0.434. The number of benzene rings is 1. The van der Waals surface area contributed by atoms with Crippen LogP contribution in [0.4, 0.5) is 0 Å². The third kappa shape index (κ3) is 2.37. The van der Waals surface area contributed by atoms with Gasteiger partial charge in [0.25, 0.3) is 0 Å². The highest BCUT2D eigenvalue weighted by Gasteiger charge is 2.25. The lowest BCUT2D eigenvalue weighted by atomic mass is 9.84. The lowest BCUT2D eigenvalue weighted by molar-refractivity contribution is 0.0620. The maximum absolute atomic E-state index is 10.1. The molecule has 0 aliphatic heterocycles. The van der Waals surface area contributed by atoms with Gasteiger partial charge in [0.2, 0.25) is 0 Å². The molecule has 1 aromatic rings. The molecule has 1 unspecified atom stereocenters. The smallest absolute Gasteiger partial charge is 0.0849 e. The van der Waals surface area contributed by atoms with Crippen molar-refractivity contribution in [3.63, 3.8) is 0 Å². The molecular weight excluding hydrogens is 240 g/mol. The fraction of sp³-hybridized carbons (Fsp3) is 0.500. The molecule has 0 saturated carbocycles. The minimum atomic E-state index is -0.434. The maximum atomic E-state index is 10.1. The molecule has 0 aliphatic carbocycles. The van der Waals surface area contributed by atoms with Gasteiger partial charge in [-0.25, -0.2) is 0 Å². The Hall–Kier alpha value is -0.340. The minimum Gasteiger partial charge on any atom is -0.388 e. The number of halogens is 1. The molecule has 1 aromatic carbocycles. The van der Waals surface area contributed by atoms with Crippen molar-refractivity contribution in [1.82, 2.24) is 0 Å². The normalized spacial score (nSPS) is 14.1. The van der Waals surface area contributed by atoms with E-state index in [-0.39, 0.29) is 5.41 Å². The lowest BCUT2D eigenvalue weighted by Crippen LogP contribution is -2.18. The molecule has 78 valence electrons. The first kappa shape index (κ1) is 11.7. The van der Waals surface area contributed by atoms with E-state index in [2.05, 4.69) is 15.9 Å². The van der Waals surface area contributed by atoms with E-state index in [9.17, 15) is 5.11 Å². The number of hydrogen-bond acceptors (Lipinski definition) is 1. The average molecular weight is 257 g/mol. The highest BCUT2D eigenvalue weighted by atomic mass is 79.9. The summed E-state index contributed by atoms with van der Waals surface area (Å²) in [7, 11) is 0. The summed E-state index contributed by atoms with van der Waals surface area (Å²) in [4.78, 5) is 0. The maximum Gasteiger partial charge on any atom is 0.0849 e. The van der Waals surface area contributed by atoms with Crippen molar-refractivity contribution >= 4 is 15.9 Å². The molecule has 1 nitrogen and oxygen atoms in total. The molecule has 0 aliphatic rings. The standard InChI is InChI=1S/C12H17BrO/c1-8-6-5-7-9(10(8)13)11(14)12(2,3)4/h5-7,11,14H,1-4H3. The van der Waals surface area contributed by atoms with Crippen LogP contribution in [0.2, 0.25) is 0 Å². The molecule has 14 heavy (non-hydrogen) atoms. The first-order chi connectivity index (χ1) is 6.34. The van der Waals surface area contributed by atoms with Gasteiger partial charge in [0, 0.05) is 4.47 Å². The first-order valence-corrected chi connectivity index (χ1v) is 5.56. The molecule has 0 fully saturated rings. The largest absolute Gasteiger partial charge is 0.388 e. The van der Waals surface area contributed by atoms with Crippen molar-refractivity contribution in [3.05, 3.63) is 33.8 Å². The Bertz CT molecular complexity index is 326. The summed E-state index contributed by atoms with van der Waals surface area (Å²) in [6, 6.07) is 5.97. The second-order valence-electron chi connectivity index (χ2n) is 4.75. The third-order valence-electron chi connectivity index (χ3n) is 2.34. The van der Waals surface area contributed by atoms with Crippen LogP contribution in [0.25, 0.3) is 0 Å². The van der Waals surface area contributed by atoms with E-state index < -0.39 is 6.10 Å². The Balaban J connectivity index is 3.14. The predicted octanol–water partition coefficient (Wildman–Crippen LogP) is 3.84. The number of aliphatic hydroxyl groups excluding tert-OH is 1. The van der Waals surface area contributed by atoms with Gasteiger partial charge in [-0.3, -0.25) is 0 Å². The predicted molar refractivity (Wildman–Crippen MR) is 63.3 cm³/mol. The fourth-order valence-electron chi connectivity index (χ4n) is 1.35. The van der Waals surface area contributed by atoms with Crippen LogP contribution in [-0.2, 0) is 0 Å². The number of aryl methyl sites for hydroxylation is 1. The van der Waals surface area contributed by atoms with Crippen LogP contribution >= 0.6 is 15.9 Å². The van der Waals surface area contributed by atoms with Crippen molar-refractivity contribution in [2.45, 2.75) is 33.8 Å². The van der Waals surface area contributed by atoms with Gasteiger partial charge in [-0.05, 0) is 23.5 Å². The van der Waals surface area contributed by atoms with E-state index in [1.807, 2.05) is 45.9 Å². The Labute approximate surface area is 94.3 Å².